The van der Waals surface area contributed by atoms with E-state index in [0.717, 1.165) is 23.4 Å². The molecule has 0 amide bonds. The van der Waals surface area contributed by atoms with Crippen molar-refractivity contribution in [3.8, 4) is 0 Å². The van der Waals surface area contributed by atoms with Crippen molar-refractivity contribution in [1.82, 2.24) is 9.55 Å². The summed E-state index contributed by atoms with van der Waals surface area (Å²) in [5, 5.41) is 0. The second kappa shape index (κ2) is 3.52. The SMILES string of the molecule is Cc1nc2ccccc2n1Cc1ccoc1. The molecule has 0 N–H and O–H groups in total. The Balaban J connectivity index is 2.12. The van der Waals surface area contributed by atoms with Gasteiger partial charge in [0, 0.05) is 5.56 Å². The molecule has 0 spiro atoms. The summed E-state index contributed by atoms with van der Waals surface area (Å²) < 4.78 is 7.28. The number of para-hydroxylation sites is 2. The van der Waals surface area contributed by atoms with Crippen LogP contribution in [0.3, 0.4) is 0 Å². The molecule has 2 heterocycles. The Morgan fingerprint density at radius 1 is 1.25 bits per heavy atom. The van der Waals surface area contributed by atoms with Crippen molar-refractivity contribution >= 4 is 11.0 Å². The van der Waals surface area contributed by atoms with Gasteiger partial charge in [-0.1, -0.05) is 12.1 Å². The maximum Gasteiger partial charge on any atom is 0.107 e. The number of aromatic nitrogens is 2. The Hall–Kier alpha value is -2.03. The van der Waals surface area contributed by atoms with Crippen molar-refractivity contribution in [3.63, 3.8) is 0 Å². The summed E-state index contributed by atoms with van der Waals surface area (Å²) >= 11 is 0. The van der Waals surface area contributed by atoms with Crippen molar-refractivity contribution in [3.05, 3.63) is 54.2 Å². The van der Waals surface area contributed by atoms with Gasteiger partial charge in [0.15, 0.2) is 0 Å². The van der Waals surface area contributed by atoms with Crippen LogP contribution in [0.15, 0.2) is 47.3 Å². The van der Waals surface area contributed by atoms with Crippen LogP contribution in [0, 0.1) is 6.92 Å². The van der Waals surface area contributed by atoms with E-state index in [4.69, 9.17) is 4.42 Å². The third kappa shape index (κ3) is 1.41. The highest BCUT2D eigenvalue weighted by molar-refractivity contribution is 5.75. The summed E-state index contributed by atoms with van der Waals surface area (Å²) in [6, 6.07) is 10.2. The predicted octanol–water partition coefficient (Wildman–Crippen LogP) is 2.99. The maximum atomic E-state index is 5.08. The fourth-order valence-corrected chi connectivity index (χ4v) is 1.96. The van der Waals surface area contributed by atoms with E-state index in [1.54, 1.807) is 12.5 Å². The fraction of sp³-hybridized carbons (Fsp3) is 0.154. The van der Waals surface area contributed by atoms with Gasteiger partial charge in [0.05, 0.1) is 30.1 Å². The van der Waals surface area contributed by atoms with E-state index in [2.05, 4.69) is 15.6 Å². The number of hydrogen-bond donors (Lipinski definition) is 0. The van der Waals surface area contributed by atoms with Crippen LogP contribution in [0.2, 0.25) is 0 Å². The quantitative estimate of drug-likeness (QED) is 0.653. The minimum Gasteiger partial charge on any atom is -0.472 e. The average molecular weight is 212 g/mol. The third-order valence-electron chi connectivity index (χ3n) is 2.77. The number of nitrogens with zero attached hydrogens (tertiary/aromatic N) is 2. The van der Waals surface area contributed by atoms with Crippen LogP contribution in [0.4, 0.5) is 0 Å². The van der Waals surface area contributed by atoms with Crippen LogP contribution < -0.4 is 0 Å². The Kier molecular flexibility index (Phi) is 2.03. The van der Waals surface area contributed by atoms with Gasteiger partial charge in [-0.05, 0) is 25.1 Å². The maximum absolute atomic E-state index is 5.08. The van der Waals surface area contributed by atoms with E-state index >= 15 is 0 Å². The van der Waals surface area contributed by atoms with Crippen LogP contribution in [-0.2, 0) is 6.54 Å². The molecule has 80 valence electrons. The second-order valence-corrected chi connectivity index (χ2v) is 3.87. The van der Waals surface area contributed by atoms with Gasteiger partial charge in [0.25, 0.3) is 0 Å². The molecule has 3 aromatic rings. The number of aryl methyl sites for hydroxylation is 1. The molecule has 0 saturated heterocycles. The Morgan fingerprint density at radius 3 is 2.94 bits per heavy atom. The molecule has 0 atom stereocenters. The van der Waals surface area contributed by atoms with Crippen LogP contribution in [0.25, 0.3) is 11.0 Å². The molecule has 0 saturated carbocycles. The molecule has 0 aliphatic rings. The number of fused-ring (bicyclic) bond motifs is 1. The van der Waals surface area contributed by atoms with E-state index in [0.29, 0.717) is 0 Å². The van der Waals surface area contributed by atoms with E-state index in [-0.39, 0.29) is 0 Å². The van der Waals surface area contributed by atoms with Crippen molar-refractivity contribution in [1.29, 1.82) is 0 Å². The molecule has 0 bridgehead atoms. The number of benzene rings is 1. The first-order chi connectivity index (χ1) is 7.84. The molecular weight excluding hydrogens is 200 g/mol. The van der Waals surface area contributed by atoms with Gasteiger partial charge in [0.2, 0.25) is 0 Å². The molecule has 0 fully saturated rings. The van der Waals surface area contributed by atoms with Gasteiger partial charge < -0.3 is 8.98 Å². The van der Waals surface area contributed by atoms with Gasteiger partial charge in [-0.15, -0.1) is 0 Å². The zero-order valence-corrected chi connectivity index (χ0v) is 9.05. The summed E-state index contributed by atoms with van der Waals surface area (Å²) in [4.78, 5) is 4.53. The molecule has 3 heteroatoms. The average Bonchev–Trinajstić information content (AvgIpc) is 2.89. The zero-order chi connectivity index (χ0) is 11.0. The van der Waals surface area contributed by atoms with E-state index in [9.17, 15) is 0 Å². The molecular formula is C13H12N2O. The minimum absolute atomic E-state index is 0.808. The highest BCUT2D eigenvalue weighted by atomic mass is 16.3. The number of hydrogen-bond acceptors (Lipinski definition) is 2. The molecule has 1 aromatic carbocycles. The number of rotatable bonds is 2. The monoisotopic (exact) mass is 212 g/mol. The van der Waals surface area contributed by atoms with E-state index < -0.39 is 0 Å². The summed E-state index contributed by atoms with van der Waals surface area (Å²) in [5.74, 6) is 1.03. The molecule has 3 nitrogen and oxygen atoms in total. The van der Waals surface area contributed by atoms with Crippen LogP contribution >= 0.6 is 0 Å². The summed E-state index contributed by atoms with van der Waals surface area (Å²) in [5.41, 5.74) is 3.37. The van der Waals surface area contributed by atoms with E-state index in [1.165, 1.54) is 5.52 Å². The smallest absolute Gasteiger partial charge is 0.107 e. The number of imidazole rings is 1. The highest BCUT2D eigenvalue weighted by Crippen LogP contribution is 2.17. The van der Waals surface area contributed by atoms with Crippen molar-refractivity contribution in [2.24, 2.45) is 0 Å². The molecule has 0 aliphatic heterocycles. The summed E-state index contributed by atoms with van der Waals surface area (Å²) in [7, 11) is 0. The van der Waals surface area contributed by atoms with Crippen LogP contribution in [-0.4, -0.2) is 9.55 Å². The first-order valence-electron chi connectivity index (χ1n) is 5.27. The van der Waals surface area contributed by atoms with Crippen molar-refractivity contribution in [2.75, 3.05) is 0 Å². The first-order valence-corrected chi connectivity index (χ1v) is 5.27. The van der Waals surface area contributed by atoms with E-state index in [1.807, 2.05) is 31.2 Å². The predicted molar refractivity (Wildman–Crippen MR) is 62.3 cm³/mol. The fourth-order valence-electron chi connectivity index (χ4n) is 1.96. The van der Waals surface area contributed by atoms with Gasteiger partial charge in [-0.25, -0.2) is 4.98 Å². The highest BCUT2D eigenvalue weighted by Gasteiger charge is 2.07. The van der Waals surface area contributed by atoms with Crippen molar-refractivity contribution in [2.45, 2.75) is 13.5 Å². The third-order valence-corrected chi connectivity index (χ3v) is 2.77. The van der Waals surface area contributed by atoms with Gasteiger partial charge in [0.1, 0.15) is 5.82 Å². The van der Waals surface area contributed by atoms with Crippen LogP contribution in [0.5, 0.6) is 0 Å². The van der Waals surface area contributed by atoms with Gasteiger partial charge in [-0.3, -0.25) is 0 Å². The van der Waals surface area contributed by atoms with Crippen LogP contribution in [0.1, 0.15) is 11.4 Å². The lowest BCUT2D eigenvalue weighted by Crippen LogP contribution is -2.00. The summed E-state index contributed by atoms with van der Waals surface area (Å²) in [6.45, 7) is 2.84. The Bertz CT molecular complexity index is 608. The topological polar surface area (TPSA) is 31.0 Å². The number of furan rings is 1. The van der Waals surface area contributed by atoms with Crippen molar-refractivity contribution < 1.29 is 4.42 Å². The molecule has 16 heavy (non-hydrogen) atoms. The first kappa shape index (κ1) is 9.21. The Morgan fingerprint density at radius 2 is 2.12 bits per heavy atom. The second-order valence-electron chi connectivity index (χ2n) is 3.87. The standard InChI is InChI=1S/C13H12N2O/c1-10-14-12-4-2-3-5-13(12)15(10)8-11-6-7-16-9-11/h2-7,9H,8H2,1H3. The molecule has 0 aliphatic carbocycles. The molecule has 2 aromatic heterocycles. The van der Waals surface area contributed by atoms with Gasteiger partial charge >= 0.3 is 0 Å². The lowest BCUT2D eigenvalue weighted by atomic mass is 10.3. The molecule has 3 rings (SSSR count). The Labute approximate surface area is 93.3 Å². The molecule has 0 radical (unpaired) electrons. The normalized spacial score (nSPS) is 11.1. The molecule has 0 unspecified atom stereocenters. The lowest BCUT2D eigenvalue weighted by molar-refractivity contribution is 0.562. The summed E-state index contributed by atoms with van der Waals surface area (Å²) in [6.07, 6.45) is 3.47. The zero-order valence-electron chi connectivity index (χ0n) is 9.05. The largest absolute Gasteiger partial charge is 0.472 e. The minimum atomic E-state index is 0.808. The van der Waals surface area contributed by atoms with Gasteiger partial charge in [-0.2, -0.15) is 0 Å². The lowest BCUT2D eigenvalue weighted by Gasteiger charge is -2.04.